The molecule has 5 aromatic rings. The van der Waals surface area contributed by atoms with Crippen molar-refractivity contribution in [2.75, 3.05) is 56.4 Å². The summed E-state index contributed by atoms with van der Waals surface area (Å²) in [6.45, 7) is 61.2. The number of anilines is 6. The highest BCUT2D eigenvalue weighted by Crippen LogP contribution is 2.53. The Hall–Kier alpha value is -10.6. The summed E-state index contributed by atoms with van der Waals surface area (Å²) in [4.78, 5) is 57.8. The van der Waals surface area contributed by atoms with Crippen molar-refractivity contribution in [3.05, 3.63) is 249 Å². The van der Waals surface area contributed by atoms with Gasteiger partial charge in [-0.3, -0.25) is 30.3 Å². The predicted molar refractivity (Wildman–Crippen MR) is 534 cm³/mol. The van der Waals surface area contributed by atoms with Crippen LogP contribution < -0.4 is 37.2 Å². The molecule has 10 saturated carbocycles. The van der Waals surface area contributed by atoms with Crippen LogP contribution in [0.25, 0.3) is 24.2 Å². The average Bonchev–Trinajstić information content (AvgIpc) is 1.79. The number of hydrogen-bond acceptors (Lipinski definition) is 13. The Labute approximate surface area is 821 Å². The highest BCUT2D eigenvalue weighted by atomic mass is 79.9. The van der Waals surface area contributed by atoms with Crippen LogP contribution in [0.5, 0.6) is 0 Å². The first-order valence-electron chi connectivity index (χ1n) is 49.0. The predicted octanol–water partition coefficient (Wildman–Crippen LogP) is 30.3. The molecule has 0 heterocycles. The number of nitrogens with one attached hydrogen (secondary N) is 1. The summed E-state index contributed by atoms with van der Waals surface area (Å²) < 4.78 is 146. The molecule has 0 radical (unpaired) electrons. The summed E-state index contributed by atoms with van der Waals surface area (Å²) in [6.07, 6.45) is 20.6. The molecule has 10 aliphatic carbocycles. The van der Waals surface area contributed by atoms with Gasteiger partial charge >= 0.3 is 5.69 Å². The maximum absolute atomic E-state index is 13.6. The summed E-state index contributed by atoms with van der Waals surface area (Å²) in [5, 5.41) is 38.1. The van der Waals surface area contributed by atoms with Crippen molar-refractivity contribution in [3.8, 4) is 0 Å². The molecule has 139 heavy (non-hydrogen) atoms. The first-order valence-corrected chi connectivity index (χ1v) is 50.1. The van der Waals surface area contributed by atoms with Crippen molar-refractivity contribution in [2.24, 2.45) is 11.7 Å². The number of allylic oxidation sites excluding steroid dienone is 1. The quantitative estimate of drug-likeness (QED) is 0.00904. The van der Waals surface area contributed by atoms with E-state index in [1.807, 2.05) is 68.1 Å². The number of hydrogen-bond donors (Lipinski definition) is 4. The molecule has 0 unspecified atom stereocenters. The van der Waals surface area contributed by atoms with E-state index >= 15 is 0 Å². The lowest BCUT2D eigenvalue weighted by atomic mass is 9.87. The fourth-order valence-corrected chi connectivity index (χ4v) is 21.3. The lowest BCUT2D eigenvalue weighted by Gasteiger charge is -2.40. The molecule has 33 heteroatoms. The van der Waals surface area contributed by atoms with Gasteiger partial charge in [-0.25, -0.2) is 76.8 Å². The molecule has 0 saturated heterocycles. The van der Waals surface area contributed by atoms with Crippen LogP contribution in [0.3, 0.4) is 0 Å². The van der Waals surface area contributed by atoms with Gasteiger partial charge in [0, 0.05) is 230 Å². The van der Waals surface area contributed by atoms with Crippen molar-refractivity contribution < 1.29 is 63.1 Å². The molecule has 0 bridgehead atoms. The Bertz CT molecular complexity index is 5250. The zero-order valence-corrected chi connectivity index (χ0v) is 82.6. The van der Waals surface area contributed by atoms with E-state index in [-0.39, 0.29) is 131 Å². The fraction of sp³-hybridized carbons (Fsp3) is 0.613. The largest absolute Gasteiger partial charge is 0.397 e. The molecule has 5 aromatic carbocycles. The minimum Gasteiger partial charge on any atom is -0.397 e. The van der Waals surface area contributed by atoms with E-state index in [1.165, 1.54) is 29.8 Å². The molecular weight excluding hydrogens is 1870 g/mol. The van der Waals surface area contributed by atoms with E-state index in [4.69, 9.17) is 50.1 Å². The van der Waals surface area contributed by atoms with Crippen LogP contribution in [0, 0.1) is 74.9 Å². The van der Waals surface area contributed by atoms with Crippen molar-refractivity contribution in [3.63, 3.8) is 0 Å². The van der Waals surface area contributed by atoms with Gasteiger partial charge in [0.1, 0.15) is 11.4 Å². The molecule has 756 valence electrons. The van der Waals surface area contributed by atoms with Crippen molar-refractivity contribution in [1.82, 2.24) is 0 Å². The highest BCUT2D eigenvalue weighted by Gasteiger charge is 2.50. The third-order valence-electron chi connectivity index (χ3n) is 29.3. The summed E-state index contributed by atoms with van der Waals surface area (Å²) >= 11 is 3.21. The van der Waals surface area contributed by atoms with E-state index in [0.717, 1.165) is 154 Å². The molecular formula is C106H137BrF11N15O6. The number of nitro benzene ring substituents is 3. The zero-order chi connectivity index (χ0) is 102. The van der Waals surface area contributed by atoms with Crippen LogP contribution in [-0.2, 0) is 27.7 Å². The molecule has 0 spiro atoms. The number of alkyl halides is 11. The Morgan fingerprint density at radius 3 is 0.950 bits per heavy atom. The Morgan fingerprint density at radius 1 is 0.403 bits per heavy atom. The molecule has 0 atom stereocenters. The average molecular weight is 2010 g/mol. The van der Waals surface area contributed by atoms with Gasteiger partial charge in [0.2, 0.25) is 35.4 Å². The van der Waals surface area contributed by atoms with Crippen molar-refractivity contribution in [2.45, 2.75) is 379 Å². The minimum atomic E-state index is -2.66. The molecule has 0 aromatic heterocycles. The Kier molecular flexibility index (Phi) is 39.3. The fourth-order valence-electron chi connectivity index (χ4n) is 21.3. The van der Waals surface area contributed by atoms with Gasteiger partial charge in [-0.2, -0.15) is 4.39 Å². The SMILES string of the molecule is C=C(C)CBr.NC1CCC(F)(F)CC1.[C-]#[N+]C1(c2ccc(F)c([N+](=O)[O-])c2)CCCC1.[C-]#[N+]C1(c2ccc(N(CC(=C)C)C3CCC(F)(F)CC3)c(N)c2)CCCC1.[C-]#[N+]C1(c2ccc(N(CC(=C)C)C3CCC(F)(F)CC3)c([N+](=O)[O-])c2)CCCC1.[C-]#[N+]C1(c2ccc(N(CC(C)C)C3CCC(F)(F)CC3)c(N)c2)CCCC1.[C-]#[N+]C1(c2ccc(NC3CCC(F)(F)CC3)c([N+](=O)[O-])c2)CCCC1. The van der Waals surface area contributed by atoms with Crippen LogP contribution >= 0.6 is 15.9 Å². The number of rotatable bonds is 23. The van der Waals surface area contributed by atoms with Gasteiger partial charge in [0.05, 0.1) is 37.5 Å². The summed E-state index contributed by atoms with van der Waals surface area (Å²) in [5.74, 6) is -13.2. The van der Waals surface area contributed by atoms with Crippen LogP contribution in [-0.4, -0.2) is 99.6 Å². The van der Waals surface area contributed by atoms with Gasteiger partial charge in [-0.1, -0.05) is 66.2 Å². The standard InChI is InChI=1S/C22H27F2N3O2.C22H31F2N3.C22H29F2N3.C18H21F2N3O2.C12H11FN2O2.C6H11F2N.C4H7Br/c1-16(2)15-26(18-8-12-22(23,24)13-9-18)19-7-6-17(14-20(19)27(28)29)21(25-3)10-4-5-11-21;2*1-16(2)15-27(18-8-12-22(23,24)13-9-18)20-7-6-17(14-19(20)25)21(26-3)10-4-5-11-21;1-21-17(8-2-3-9-17)13-4-5-15(16(12-13)23(24)25)22-14-6-10-18(19,20)11-7-14;1-14-12(6-2-3-7-12)9-4-5-10(13)11(8-9)15(16)17;7-6(8)3-1-5(9)2-4-6;1-4(2)3-5/h6-7,14,18H,1,4-5,8-13,15H2,2H3;6-7,14,16,18H,4-5,8-13,15,25H2,1-2H3;6-7,14,18H,1,4-5,8-13,15,25H2,2H3;4-5,12,14,22H,2-3,6-11H2;4-5,8H,2-3,6-7H2;5H,1-4,9H2;1,3H2,2H3. The first-order chi connectivity index (χ1) is 65.5. The van der Waals surface area contributed by atoms with E-state index in [0.29, 0.717) is 123 Å². The third kappa shape index (κ3) is 30.0. The normalized spacial score (nSPS) is 21.1. The number of halogens is 12. The van der Waals surface area contributed by atoms with E-state index in [9.17, 15) is 78.6 Å². The maximum Gasteiger partial charge on any atom is 0.305 e. The number of nitrogen functional groups attached to an aromatic ring is 2. The van der Waals surface area contributed by atoms with Gasteiger partial charge in [0.15, 0.2) is 0 Å². The highest BCUT2D eigenvalue weighted by molar-refractivity contribution is 9.09. The lowest BCUT2D eigenvalue weighted by molar-refractivity contribution is -0.387. The first kappa shape index (κ1) is 112. The van der Waals surface area contributed by atoms with Gasteiger partial charge in [0.25, 0.3) is 39.1 Å². The molecule has 0 amide bonds. The summed E-state index contributed by atoms with van der Waals surface area (Å²) in [6, 6.07) is 25.4. The molecule has 21 nitrogen and oxygen atoms in total. The van der Waals surface area contributed by atoms with E-state index < -0.39 is 83.6 Å². The van der Waals surface area contributed by atoms with Crippen LogP contribution in [0.2, 0.25) is 0 Å². The van der Waals surface area contributed by atoms with E-state index in [2.05, 4.69) is 88.9 Å². The minimum absolute atomic E-state index is 0.0182. The second-order valence-corrected chi connectivity index (χ2v) is 41.3. The van der Waals surface area contributed by atoms with Gasteiger partial charge < -0.3 is 61.4 Å². The molecule has 7 N–H and O–H groups in total. The second-order valence-electron chi connectivity index (χ2n) is 40.7. The Morgan fingerprint density at radius 2 is 0.662 bits per heavy atom. The van der Waals surface area contributed by atoms with Crippen LogP contribution in [0.4, 0.5) is 99.5 Å². The molecule has 15 rings (SSSR count). The molecule has 10 fully saturated rings. The summed E-state index contributed by atoms with van der Waals surface area (Å²) in [7, 11) is 0. The van der Waals surface area contributed by atoms with Crippen molar-refractivity contribution in [1.29, 1.82) is 0 Å². The monoisotopic (exact) mass is 2000 g/mol. The lowest BCUT2D eigenvalue weighted by Crippen LogP contribution is -2.43. The maximum atomic E-state index is 13.6. The van der Waals surface area contributed by atoms with Crippen LogP contribution in [0.15, 0.2) is 127 Å². The molecule has 0 aliphatic heterocycles. The third-order valence-corrected chi connectivity index (χ3v) is 30.3. The number of nitrogens with two attached hydrogens (primary N) is 3. The van der Waals surface area contributed by atoms with Crippen LogP contribution in [0.1, 0.15) is 319 Å². The second kappa shape index (κ2) is 48.7. The van der Waals surface area contributed by atoms with E-state index in [1.54, 1.807) is 18.2 Å². The number of benzene rings is 5. The smallest absolute Gasteiger partial charge is 0.305 e. The zero-order valence-electron chi connectivity index (χ0n) is 81.0. The van der Waals surface area contributed by atoms with Crippen molar-refractivity contribution >= 4 is 67.1 Å². The Balaban J connectivity index is 0.000000189. The van der Waals surface area contributed by atoms with Gasteiger partial charge in [-0.05, 0) is 228 Å². The molecule has 10 aliphatic rings. The summed E-state index contributed by atoms with van der Waals surface area (Å²) in [5.41, 5.74) is 25.5. The number of nitrogens with zero attached hydrogens (tertiary/aromatic N) is 11. The van der Waals surface area contributed by atoms with Gasteiger partial charge in [-0.15, -0.1) is 0 Å². The number of nitro groups is 3. The topological polar surface area (TPSA) is 251 Å².